The van der Waals surface area contributed by atoms with Gasteiger partial charge in [0, 0.05) is 5.92 Å². The molecule has 0 saturated carbocycles. The molecule has 1 aromatic heterocycles. The summed E-state index contributed by atoms with van der Waals surface area (Å²) in [5.74, 6) is 0.0850. The van der Waals surface area contributed by atoms with Crippen molar-refractivity contribution in [1.29, 1.82) is 0 Å². The summed E-state index contributed by atoms with van der Waals surface area (Å²) in [4.78, 5) is 12.2. The van der Waals surface area contributed by atoms with E-state index in [4.69, 9.17) is 16.6 Å². The average Bonchev–Trinajstić information content (AvgIpc) is 2.62. The quantitative estimate of drug-likeness (QED) is 0.753. The van der Waals surface area contributed by atoms with Crippen LogP contribution in [0.25, 0.3) is 0 Å². The van der Waals surface area contributed by atoms with Crippen LogP contribution in [-0.2, 0) is 11.2 Å². The van der Waals surface area contributed by atoms with Crippen molar-refractivity contribution in [2.75, 3.05) is 0 Å². The van der Waals surface area contributed by atoms with Gasteiger partial charge in [-0.05, 0) is 30.9 Å². The van der Waals surface area contributed by atoms with Crippen LogP contribution in [0.2, 0.25) is 0 Å². The molecule has 1 amide bonds. The van der Waals surface area contributed by atoms with Crippen molar-refractivity contribution in [3.05, 3.63) is 24.2 Å². The highest BCUT2D eigenvalue weighted by Gasteiger charge is 2.24. The molecule has 1 unspecified atom stereocenters. The maximum Gasteiger partial charge on any atom is 0.228 e. The van der Waals surface area contributed by atoms with Gasteiger partial charge in [0.05, 0.1) is 17.5 Å². The molecule has 0 radical (unpaired) electrons. The molecule has 1 fully saturated rings. The van der Waals surface area contributed by atoms with Crippen molar-refractivity contribution >= 4 is 23.1 Å². The molecular formula is C10H11NO2S. The lowest BCUT2D eigenvalue weighted by atomic mass is 9.93. The third-order valence-corrected chi connectivity index (χ3v) is 2.72. The molecule has 3 nitrogen and oxygen atoms in total. The molecule has 2 heterocycles. The van der Waals surface area contributed by atoms with Crippen molar-refractivity contribution < 1.29 is 9.21 Å². The van der Waals surface area contributed by atoms with E-state index in [2.05, 4.69) is 5.32 Å². The molecule has 2 rings (SSSR count). The minimum atomic E-state index is 0.0410. The van der Waals surface area contributed by atoms with Crippen LogP contribution in [0.1, 0.15) is 18.4 Å². The van der Waals surface area contributed by atoms with E-state index in [9.17, 15) is 4.79 Å². The summed E-state index contributed by atoms with van der Waals surface area (Å²) >= 11 is 4.93. The Morgan fingerprint density at radius 1 is 1.64 bits per heavy atom. The number of carbonyl (C=O) groups is 1. The first-order chi connectivity index (χ1) is 6.75. The van der Waals surface area contributed by atoms with Crippen molar-refractivity contribution in [3.8, 4) is 0 Å². The van der Waals surface area contributed by atoms with Crippen LogP contribution < -0.4 is 5.32 Å². The Bertz CT molecular complexity index is 345. The van der Waals surface area contributed by atoms with Crippen LogP contribution in [-0.4, -0.2) is 10.9 Å². The maximum atomic E-state index is 11.5. The SMILES string of the molecule is O=C1NC(=S)CCC1Cc1ccoc1. The number of thiocarbonyl (C=S) groups is 1. The molecule has 1 aliphatic heterocycles. The average molecular weight is 209 g/mol. The first kappa shape index (κ1) is 9.40. The van der Waals surface area contributed by atoms with Gasteiger partial charge in [-0.15, -0.1) is 0 Å². The van der Waals surface area contributed by atoms with Crippen LogP contribution >= 0.6 is 12.2 Å². The van der Waals surface area contributed by atoms with Crippen molar-refractivity contribution in [1.82, 2.24) is 5.32 Å². The van der Waals surface area contributed by atoms with E-state index in [1.807, 2.05) is 6.07 Å². The monoisotopic (exact) mass is 209 g/mol. The molecule has 74 valence electrons. The zero-order valence-electron chi connectivity index (χ0n) is 7.66. The predicted molar refractivity (Wildman–Crippen MR) is 55.9 cm³/mol. The Morgan fingerprint density at radius 2 is 2.50 bits per heavy atom. The highest BCUT2D eigenvalue weighted by atomic mass is 32.1. The second-order valence-corrected chi connectivity index (χ2v) is 3.98. The summed E-state index contributed by atoms with van der Waals surface area (Å²) in [5, 5.41) is 2.70. The van der Waals surface area contributed by atoms with Gasteiger partial charge in [0.25, 0.3) is 0 Å². The summed E-state index contributed by atoms with van der Waals surface area (Å²) in [6.45, 7) is 0. The lowest BCUT2D eigenvalue weighted by molar-refractivity contribution is -0.124. The smallest absolute Gasteiger partial charge is 0.228 e. The molecule has 1 aliphatic rings. The lowest BCUT2D eigenvalue weighted by Crippen LogP contribution is -2.40. The zero-order valence-corrected chi connectivity index (χ0v) is 8.47. The number of nitrogens with one attached hydrogen (secondary N) is 1. The van der Waals surface area contributed by atoms with Gasteiger partial charge >= 0.3 is 0 Å². The van der Waals surface area contributed by atoms with Gasteiger partial charge in [0.15, 0.2) is 0 Å². The molecule has 1 atom stereocenters. The molecule has 4 heteroatoms. The van der Waals surface area contributed by atoms with Crippen LogP contribution in [0.4, 0.5) is 0 Å². The van der Waals surface area contributed by atoms with Crippen LogP contribution in [0, 0.1) is 5.92 Å². The standard InChI is InChI=1S/C10H11NO2S/c12-10-8(1-2-9(14)11-10)5-7-3-4-13-6-7/h3-4,6,8H,1-2,5H2,(H,11,12,14). The van der Waals surface area contributed by atoms with E-state index in [0.29, 0.717) is 4.99 Å². The van der Waals surface area contributed by atoms with Gasteiger partial charge in [-0.3, -0.25) is 4.79 Å². The van der Waals surface area contributed by atoms with E-state index >= 15 is 0 Å². The van der Waals surface area contributed by atoms with Gasteiger partial charge < -0.3 is 9.73 Å². The number of amides is 1. The lowest BCUT2D eigenvalue weighted by Gasteiger charge is -2.21. The first-order valence-electron chi connectivity index (χ1n) is 4.60. The number of piperidine rings is 1. The summed E-state index contributed by atoms with van der Waals surface area (Å²) in [6.07, 6.45) is 5.70. The normalized spacial score (nSPS) is 22.1. The predicted octanol–water partition coefficient (Wildman–Crippen LogP) is 1.68. The summed E-state index contributed by atoms with van der Waals surface area (Å²) in [7, 11) is 0. The highest BCUT2D eigenvalue weighted by Crippen LogP contribution is 2.18. The van der Waals surface area contributed by atoms with Crippen LogP contribution in [0.3, 0.4) is 0 Å². The van der Waals surface area contributed by atoms with Gasteiger partial charge in [-0.2, -0.15) is 0 Å². The number of hydrogen-bond donors (Lipinski definition) is 1. The number of rotatable bonds is 2. The van der Waals surface area contributed by atoms with E-state index < -0.39 is 0 Å². The molecule has 0 aromatic carbocycles. The van der Waals surface area contributed by atoms with Crippen molar-refractivity contribution in [3.63, 3.8) is 0 Å². The molecule has 0 spiro atoms. The molecule has 1 saturated heterocycles. The van der Waals surface area contributed by atoms with E-state index in [-0.39, 0.29) is 11.8 Å². The zero-order chi connectivity index (χ0) is 9.97. The summed E-state index contributed by atoms with van der Waals surface area (Å²) in [5.41, 5.74) is 1.07. The number of carbonyl (C=O) groups excluding carboxylic acids is 1. The molecule has 0 bridgehead atoms. The summed E-state index contributed by atoms with van der Waals surface area (Å²) in [6, 6.07) is 1.89. The fourth-order valence-corrected chi connectivity index (χ4v) is 1.84. The van der Waals surface area contributed by atoms with E-state index in [1.165, 1.54) is 0 Å². The van der Waals surface area contributed by atoms with Gasteiger partial charge in [0.2, 0.25) is 5.91 Å². The molecule has 1 N–H and O–H groups in total. The fourth-order valence-electron chi connectivity index (χ4n) is 1.63. The third kappa shape index (κ3) is 2.01. The summed E-state index contributed by atoms with van der Waals surface area (Å²) < 4.78 is 4.95. The van der Waals surface area contributed by atoms with Gasteiger partial charge in [-0.25, -0.2) is 0 Å². The maximum absolute atomic E-state index is 11.5. The number of furan rings is 1. The minimum absolute atomic E-state index is 0.0410. The van der Waals surface area contributed by atoms with Crippen LogP contribution in [0.15, 0.2) is 23.0 Å². The Labute approximate surface area is 87.5 Å². The highest BCUT2D eigenvalue weighted by molar-refractivity contribution is 7.80. The molecule has 14 heavy (non-hydrogen) atoms. The number of hydrogen-bond acceptors (Lipinski definition) is 3. The molecule has 0 aliphatic carbocycles. The molecule has 1 aromatic rings. The van der Waals surface area contributed by atoms with Crippen molar-refractivity contribution in [2.24, 2.45) is 5.92 Å². The fraction of sp³-hybridized carbons (Fsp3) is 0.400. The minimum Gasteiger partial charge on any atom is -0.472 e. The van der Waals surface area contributed by atoms with Crippen molar-refractivity contribution in [2.45, 2.75) is 19.3 Å². The third-order valence-electron chi connectivity index (χ3n) is 2.42. The van der Waals surface area contributed by atoms with E-state index in [0.717, 1.165) is 24.8 Å². The Hall–Kier alpha value is -1.16. The Kier molecular flexibility index (Phi) is 2.63. The Balaban J connectivity index is 1.99. The largest absolute Gasteiger partial charge is 0.472 e. The van der Waals surface area contributed by atoms with Gasteiger partial charge in [0.1, 0.15) is 0 Å². The van der Waals surface area contributed by atoms with Gasteiger partial charge in [-0.1, -0.05) is 12.2 Å². The van der Waals surface area contributed by atoms with Crippen LogP contribution in [0.5, 0.6) is 0 Å². The second-order valence-electron chi connectivity index (χ2n) is 3.48. The van der Waals surface area contributed by atoms with E-state index in [1.54, 1.807) is 12.5 Å². The second kappa shape index (κ2) is 3.92. The Morgan fingerprint density at radius 3 is 3.14 bits per heavy atom. The molecular weight excluding hydrogens is 198 g/mol. The first-order valence-corrected chi connectivity index (χ1v) is 5.01. The topological polar surface area (TPSA) is 42.2 Å².